The van der Waals surface area contributed by atoms with Gasteiger partial charge in [-0.05, 0) is 42.5 Å². The summed E-state index contributed by atoms with van der Waals surface area (Å²) in [4.78, 5) is 12.7. The lowest BCUT2D eigenvalue weighted by molar-refractivity contribution is 0.0915. The fraction of sp³-hybridized carbons (Fsp3) is 0.615. The molecule has 1 heterocycles. The van der Waals surface area contributed by atoms with Crippen molar-refractivity contribution in [1.29, 1.82) is 0 Å². The van der Waals surface area contributed by atoms with Gasteiger partial charge in [-0.15, -0.1) is 11.3 Å². The maximum atomic E-state index is 11.9. The monoisotopic (exact) mass is 237 g/mol. The van der Waals surface area contributed by atoms with Crippen LogP contribution in [0.25, 0.3) is 0 Å². The standard InChI is InChI=1S/C13H19NOS/c1-9-6-10(2)8-11(7-9)14-13(15)12-4-3-5-16-12/h3-5,9-11H,6-8H2,1-2H3,(H,14,15). The summed E-state index contributed by atoms with van der Waals surface area (Å²) >= 11 is 1.51. The van der Waals surface area contributed by atoms with Gasteiger partial charge in [-0.25, -0.2) is 0 Å². The van der Waals surface area contributed by atoms with Crippen molar-refractivity contribution in [2.75, 3.05) is 0 Å². The SMILES string of the molecule is CC1CC(C)CC(NC(=O)c2cccs2)C1. The summed E-state index contributed by atoms with van der Waals surface area (Å²) in [5.41, 5.74) is 0. The van der Waals surface area contributed by atoms with Crippen LogP contribution >= 0.6 is 11.3 Å². The van der Waals surface area contributed by atoms with Gasteiger partial charge in [0.25, 0.3) is 5.91 Å². The summed E-state index contributed by atoms with van der Waals surface area (Å²) in [6.45, 7) is 4.56. The molecule has 0 radical (unpaired) electrons. The van der Waals surface area contributed by atoms with Crippen molar-refractivity contribution >= 4 is 17.2 Å². The molecule has 2 nitrogen and oxygen atoms in total. The molecule has 0 aliphatic heterocycles. The maximum Gasteiger partial charge on any atom is 0.261 e. The van der Waals surface area contributed by atoms with Crippen molar-refractivity contribution in [3.8, 4) is 0 Å². The van der Waals surface area contributed by atoms with E-state index in [1.54, 1.807) is 0 Å². The second kappa shape index (κ2) is 5.00. The van der Waals surface area contributed by atoms with Crippen molar-refractivity contribution in [1.82, 2.24) is 5.32 Å². The van der Waals surface area contributed by atoms with Crippen LogP contribution in [0.5, 0.6) is 0 Å². The van der Waals surface area contributed by atoms with Gasteiger partial charge in [0.1, 0.15) is 0 Å². The largest absolute Gasteiger partial charge is 0.349 e. The van der Waals surface area contributed by atoms with Crippen molar-refractivity contribution < 1.29 is 4.79 Å². The van der Waals surface area contributed by atoms with Gasteiger partial charge < -0.3 is 5.32 Å². The Labute approximate surface area is 101 Å². The van der Waals surface area contributed by atoms with E-state index in [0.29, 0.717) is 6.04 Å². The molecule has 16 heavy (non-hydrogen) atoms. The van der Waals surface area contributed by atoms with Gasteiger partial charge in [0, 0.05) is 6.04 Å². The summed E-state index contributed by atoms with van der Waals surface area (Å²) in [7, 11) is 0. The molecule has 0 aromatic carbocycles. The summed E-state index contributed by atoms with van der Waals surface area (Å²) in [5.74, 6) is 1.57. The number of amides is 1. The molecular weight excluding hydrogens is 218 g/mol. The van der Waals surface area contributed by atoms with Gasteiger partial charge >= 0.3 is 0 Å². The highest BCUT2D eigenvalue weighted by Gasteiger charge is 2.25. The Morgan fingerprint density at radius 3 is 2.56 bits per heavy atom. The number of carbonyl (C=O) groups excluding carboxylic acids is 1. The van der Waals surface area contributed by atoms with Gasteiger partial charge in [-0.2, -0.15) is 0 Å². The van der Waals surface area contributed by atoms with Crippen molar-refractivity contribution in [2.45, 2.75) is 39.2 Å². The third-order valence-corrected chi connectivity index (χ3v) is 4.13. The molecular formula is C13H19NOS. The number of carbonyl (C=O) groups is 1. The number of thiophene rings is 1. The first-order valence-corrected chi connectivity index (χ1v) is 6.87. The fourth-order valence-corrected chi connectivity index (χ4v) is 3.36. The quantitative estimate of drug-likeness (QED) is 0.840. The van der Waals surface area contributed by atoms with E-state index in [2.05, 4.69) is 19.2 Å². The molecule has 3 heteroatoms. The van der Waals surface area contributed by atoms with E-state index in [0.717, 1.165) is 29.6 Å². The molecule has 2 atom stereocenters. The smallest absolute Gasteiger partial charge is 0.261 e. The van der Waals surface area contributed by atoms with Crippen LogP contribution in [0.15, 0.2) is 17.5 Å². The molecule has 2 rings (SSSR count). The Hall–Kier alpha value is -0.830. The first kappa shape index (κ1) is 11.6. The van der Waals surface area contributed by atoms with Crippen LogP contribution in [-0.4, -0.2) is 11.9 Å². The van der Waals surface area contributed by atoms with Gasteiger partial charge in [-0.3, -0.25) is 4.79 Å². The second-order valence-electron chi connectivity index (χ2n) is 5.07. The van der Waals surface area contributed by atoms with E-state index < -0.39 is 0 Å². The molecule has 88 valence electrons. The summed E-state index contributed by atoms with van der Waals surface area (Å²) in [6.07, 6.45) is 3.55. The third-order valence-electron chi connectivity index (χ3n) is 3.26. The first-order chi connectivity index (χ1) is 7.65. The average Bonchev–Trinajstić information content (AvgIpc) is 2.68. The highest BCUT2D eigenvalue weighted by Crippen LogP contribution is 2.28. The summed E-state index contributed by atoms with van der Waals surface area (Å²) < 4.78 is 0. The molecule has 1 amide bonds. The highest BCUT2D eigenvalue weighted by molar-refractivity contribution is 7.12. The molecule has 1 aliphatic carbocycles. The summed E-state index contributed by atoms with van der Waals surface area (Å²) in [6, 6.07) is 4.18. The zero-order valence-corrected chi connectivity index (χ0v) is 10.7. The maximum absolute atomic E-state index is 11.9. The molecule has 0 spiro atoms. The number of rotatable bonds is 2. The lowest BCUT2D eigenvalue weighted by atomic mass is 9.80. The van der Waals surface area contributed by atoms with Gasteiger partial charge in [0.05, 0.1) is 4.88 Å². The normalized spacial score (nSPS) is 30.0. The average molecular weight is 237 g/mol. The lowest BCUT2D eigenvalue weighted by Gasteiger charge is -2.31. The summed E-state index contributed by atoms with van der Waals surface area (Å²) in [5, 5.41) is 5.10. The Morgan fingerprint density at radius 1 is 1.31 bits per heavy atom. The van der Waals surface area contributed by atoms with Crippen molar-refractivity contribution in [2.24, 2.45) is 11.8 Å². The second-order valence-corrected chi connectivity index (χ2v) is 6.01. The van der Waals surface area contributed by atoms with Gasteiger partial charge in [-0.1, -0.05) is 19.9 Å². The van der Waals surface area contributed by atoms with Crippen LogP contribution < -0.4 is 5.32 Å². The zero-order chi connectivity index (χ0) is 11.5. The number of hydrogen-bond donors (Lipinski definition) is 1. The van der Waals surface area contributed by atoms with Crippen LogP contribution in [0, 0.1) is 11.8 Å². The van der Waals surface area contributed by atoms with E-state index in [-0.39, 0.29) is 5.91 Å². The van der Waals surface area contributed by atoms with Crippen LogP contribution in [0.1, 0.15) is 42.8 Å². The number of nitrogens with one attached hydrogen (secondary N) is 1. The topological polar surface area (TPSA) is 29.1 Å². The Bertz CT molecular complexity index is 337. The predicted molar refractivity (Wildman–Crippen MR) is 67.8 cm³/mol. The molecule has 1 N–H and O–H groups in total. The van der Waals surface area contributed by atoms with E-state index in [1.807, 2.05) is 17.5 Å². The van der Waals surface area contributed by atoms with Crippen LogP contribution in [0.4, 0.5) is 0 Å². The van der Waals surface area contributed by atoms with Crippen molar-refractivity contribution in [3.05, 3.63) is 22.4 Å². The van der Waals surface area contributed by atoms with Crippen LogP contribution in [0.3, 0.4) is 0 Å². The molecule has 2 unspecified atom stereocenters. The van der Waals surface area contributed by atoms with E-state index >= 15 is 0 Å². The Balaban J connectivity index is 1.92. The molecule has 0 saturated heterocycles. The predicted octanol–water partition coefficient (Wildman–Crippen LogP) is 3.30. The lowest BCUT2D eigenvalue weighted by Crippen LogP contribution is -2.39. The van der Waals surface area contributed by atoms with Crippen molar-refractivity contribution in [3.63, 3.8) is 0 Å². The third kappa shape index (κ3) is 2.85. The van der Waals surface area contributed by atoms with Gasteiger partial charge in [0.15, 0.2) is 0 Å². The zero-order valence-electron chi connectivity index (χ0n) is 9.90. The van der Waals surface area contributed by atoms with Crippen LogP contribution in [0.2, 0.25) is 0 Å². The molecule has 1 saturated carbocycles. The molecule has 1 fully saturated rings. The molecule has 0 bridgehead atoms. The van der Waals surface area contributed by atoms with E-state index in [9.17, 15) is 4.79 Å². The van der Waals surface area contributed by atoms with E-state index in [4.69, 9.17) is 0 Å². The minimum absolute atomic E-state index is 0.0984. The minimum atomic E-state index is 0.0984. The number of hydrogen-bond acceptors (Lipinski definition) is 2. The Morgan fingerprint density at radius 2 is 2.00 bits per heavy atom. The molecule has 1 aromatic heterocycles. The first-order valence-electron chi connectivity index (χ1n) is 5.99. The molecule has 1 aliphatic rings. The fourth-order valence-electron chi connectivity index (χ4n) is 2.73. The Kier molecular flexibility index (Phi) is 3.64. The van der Waals surface area contributed by atoms with Gasteiger partial charge in [0.2, 0.25) is 0 Å². The minimum Gasteiger partial charge on any atom is -0.349 e. The van der Waals surface area contributed by atoms with E-state index in [1.165, 1.54) is 17.8 Å². The highest BCUT2D eigenvalue weighted by atomic mass is 32.1. The van der Waals surface area contributed by atoms with Crippen LogP contribution in [-0.2, 0) is 0 Å². The molecule has 1 aromatic rings.